The Morgan fingerprint density at radius 2 is 2.04 bits per heavy atom. The zero-order valence-corrected chi connectivity index (χ0v) is 16.8. The highest BCUT2D eigenvalue weighted by atomic mass is 35.5. The molecule has 0 N–H and O–H groups in total. The average molecular weight is 414 g/mol. The van der Waals surface area contributed by atoms with Crippen molar-refractivity contribution in [2.24, 2.45) is 7.05 Å². The summed E-state index contributed by atoms with van der Waals surface area (Å²) in [5.41, 5.74) is 0.398. The first kappa shape index (κ1) is 20.7. The molecule has 0 bridgehead atoms. The molecule has 0 radical (unpaired) electrons. The lowest BCUT2D eigenvalue weighted by Gasteiger charge is -2.38. The van der Waals surface area contributed by atoms with Crippen molar-refractivity contribution in [3.63, 3.8) is 0 Å². The van der Waals surface area contributed by atoms with Gasteiger partial charge in [-0.3, -0.25) is 4.79 Å². The van der Waals surface area contributed by atoms with Gasteiger partial charge in [0.1, 0.15) is 11.3 Å². The van der Waals surface area contributed by atoms with E-state index in [9.17, 15) is 18.0 Å². The molecule has 1 aromatic carbocycles. The van der Waals surface area contributed by atoms with Gasteiger partial charge in [-0.25, -0.2) is 13.5 Å². The molecule has 1 aromatic heterocycles. The second-order valence-electron chi connectivity index (χ2n) is 7.49. The van der Waals surface area contributed by atoms with Gasteiger partial charge in [0, 0.05) is 24.7 Å². The van der Waals surface area contributed by atoms with Gasteiger partial charge in [0.05, 0.1) is 0 Å². The Bertz CT molecular complexity index is 878. The predicted octanol–water partition coefficient (Wildman–Crippen LogP) is 5.47. The van der Waals surface area contributed by atoms with Crippen LogP contribution in [-0.2, 0) is 13.6 Å². The minimum absolute atomic E-state index is 0.114. The van der Waals surface area contributed by atoms with Crippen molar-refractivity contribution >= 4 is 17.5 Å². The maximum Gasteiger partial charge on any atom is 0.283 e. The minimum Gasteiger partial charge on any atom is -0.331 e. The summed E-state index contributed by atoms with van der Waals surface area (Å²) in [5, 5.41) is 4.04. The van der Waals surface area contributed by atoms with E-state index in [4.69, 9.17) is 11.6 Å². The molecule has 152 valence electrons. The van der Waals surface area contributed by atoms with Crippen molar-refractivity contribution in [2.75, 3.05) is 0 Å². The summed E-state index contributed by atoms with van der Waals surface area (Å²) in [7, 11) is 1.21. The zero-order valence-electron chi connectivity index (χ0n) is 16.1. The molecular weight excluding hydrogens is 391 g/mol. The Morgan fingerprint density at radius 3 is 2.57 bits per heavy atom. The first-order valence-corrected chi connectivity index (χ1v) is 9.68. The lowest BCUT2D eigenvalue weighted by atomic mass is 9.89. The minimum atomic E-state index is -3.03. The predicted molar refractivity (Wildman–Crippen MR) is 101 cm³/mol. The van der Waals surface area contributed by atoms with Gasteiger partial charge in [0.25, 0.3) is 12.3 Å². The number of hydrogen-bond acceptors (Lipinski definition) is 2. The number of carbonyl (C=O) groups is 1. The van der Waals surface area contributed by atoms with Crippen LogP contribution in [0.25, 0.3) is 0 Å². The second kappa shape index (κ2) is 8.15. The molecule has 0 aliphatic heterocycles. The maximum atomic E-state index is 14.5. The molecule has 1 fully saturated rings. The normalized spacial score (nSPS) is 14.6. The van der Waals surface area contributed by atoms with Crippen molar-refractivity contribution in [3.05, 3.63) is 51.6 Å². The topological polar surface area (TPSA) is 38.1 Å². The molecular formula is C20H23ClF3N3O. The van der Waals surface area contributed by atoms with E-state index in [1.54, 1.807) is 12.1 Å². The number of aromatic nitrogens is 2. The van der Waals surface area contributed by atoms with Gasteiger partial charge < -0.3 is 4.90 Å². The zero-order chi connectivity index (χ0) is 20.6. The van der Waals surface area contributed by atoms with Crippen LogP contribution >= 0.6 is 11.6 Å². The third-order valence-electron chi connectivity index (χ3n) is 5.27. The van der Waals surface area contributed by atoms with E-state index in [0.717, 1.165) is 30.4 Å². The van der Waals surface area contributed by atoms with Gasteiger partial charge >= 0.3 is 0 Å². The summed E-state index contributed by atoms with van der Waals surface area (Å²) < 4.78 is 41.9. The largest absolute Gasteiger partial charge is 0.331 e. The van der Waals surface area contributed by atoms with Gasteiger partial charge in [-0.1, -0.05) is 31.5 Å². The molecule has 0 spiro atoms. The molecule has 1 aliphatic rings. The summed E-state index contributed by atoms with van der Waals surface area (Å²) in [6, 6.07) is 5.35. The van der Waals surface area contributed by atoms with Gasteiger partial charge in [0.2, 0.25) is 5.95 Å². The number of aryl methyl sites for hydroxylation is 1. The number of amides is 1. The number of halogens is 4. The van der Waals surface area contributed by atoms with Gasteiger partial charge in [-0.15, -0.1) is 0 Å². The number of benzene rings is 1. The molecule has 1 heterocycles. The van der Waals surface area contributed by atoms with Crippen LogP contribution < -0.4 is 0 Å². The van der Waals surface area contributed by atoms with Crippen molar-refractivity contribution in [1.29, 1.82) is 0 Å². The van der Waals surface area contributed by atoms with Crippen LogP contribution in [0.4, 0.5) is 13.2 Å². The second-order valence-corrected chi connectivity index (χ2v) is 7.93. The molecule has 0 atom stereocenters. The fraction of sp³-hybridized carbons (Fsp3) is 0.500. The summed E-state index contributed by atoms with van der Waals surface area (Å²) >= 11 is 6.15. The SMILES string of the molecule is CC(C)c1ccc(Cl)cc1CN(C(=O)c1c(C(F)F)nn(C)c1F)C1CCC1. The third-order valence-corrected chi connectivity index (χ3v) is 5.50. The smallest absolute Gasteiger partial charge is 0.283 e. The molecule has 3 rings (SSSR count). The van der Waals surface area contributed by atoms with Crippen molar-refractivity contribution in [2.45, 2.75) is 58.0 Å². The van der Waals surface area contributed by atoms with E-state index in [-0.39, 0.29) is 18.5 Å². The Kier molecular flexibility index (Phi) is 6.03. The molecule has 28 heavy (non-hydrogen) atoms. The molecule has 0 unspecified atom stereocenters. The molecule has 4 nitrogen and oxygen atoms in total. The van der Waals surface area contributed by atoms with E-state index in [0.29, 0.717) is 9.70 Å². The summed E-state index contributed by atoms with van der Waals surface area (Å²) in [6.07, 6.45) is -0.571. The molecule has 1 aliphatic carbocycles. The molecule has 1 amide bonds. The van der Waals surface area contributed by atoms with Crippen LogP contribution in [0.1, 0.15) is 72.6 Å². The van der Waals surface area contributed by atoms with E-state index in [1.165, 1.54) is 11.9 Å². The monoisotopic (exact) mass is 413 g/mol. The van der Waals surface area contributed by atoms with Crippen LogP contribution in [0.3, 0.4) is 0 Å². The van der Waals surface area contributed by atoms with Crippen LogP contribution in [-0.4, -0.2) is 26.6 Å². The van der Waals surface area contributed by atoms with E-state index in [1.807, 2.05) is 19.9 Å². The summed E-state index contributed by atoms with van der Waals surface area (Å²) in [5.74, 6) is -1.60. The number of alkyl halides is 2. The fourth-order valence-corrected chi connectivity index (χ4v) is 3.73. The standard InChI is InChI=1S/C20H23ClF3N3O/c1-11(2)15-8-7-13(21)9-12(15)10-27(14-5-4-6-14)20(28)16-17(18(22)23)25-26(3)19(16)24/h7-9,11,14,18H,4-6,10H2,1-3H3. The van der Waals surface area contributed by atoms with Gasteiger partial charge in [0.15, 0.2) is 0 Å². The van der Waals surface area contributed by atoms with Crippen LogP contribution in [0.5, 0.6) is 0 Å². The molecule has 0 saturated heterocycles. The molecule has 1 saturated carbocycles. The Hall–Kier alpha value is -2.02. The Morgan fingerprint density at radius 1 is 1.36 bits per heavy atom. The van der Waals surface area contributed by atoms with Crippen molar-refractivity contribution in [3.8, 4) is 0 Å². The molecule has 2 aromatic rings. The van der Waals surface area contributed by atoms with Gasteiger partial charge in [-0.05, 0) is 48.4 Å². The fourth-order valence-electron chi connectivity index (χ4n) is 3.54. The Balaban J connectivity index is 2.01. The Labute approximate surface area is 167 Å². The van der Waals surface area contributed by atoms with Crippen molar-refractivity contribution < 1.29 is 18.0 Å². The highest BCUT2D eigenvalue weighted by Crippen LogP contribution is 2.33. The number of hydrogen-bond donors (Lipinski definition) is 0. The summed E-state index contributed by atoms with van der Waals surface area (Å²) in [6.45, 7) is 4.24. The maximum absolute atomic E-state index is 14.5. The van der Waals surface area contributed by atoms with Crippen molar-refractivity contribution in [1.82, 2.24) is 14.7 Å². The third kappa shape index (κ3) is 3.90. The average Bonchev–Trinajstić information content (AvgIpc) is 2.87. The van der Waals surface area contributed by atoms with Crippen LogP contribution in [0, 0.1) is 5.95 Å². The first-order valence-electron chi connectivity index (χ1n) is 9.30. The highest BCUT2D eigenvalue weighted by Gasteiger charge is 2.36. The lowest BCUT2D eigenvalue weighted by molar-refractivity contribution is 0.0540. The number of rotatable bonds is 6. The number of nitrogens with zero attached hydrogens (tertiary/aromatic N) is 3. The molecule has 8 heteroatoms. The van der Waals surface area contributed by atoms with E-state index < -0.39 is 29.5 Å². The highest BCUT2D eigenvalue weighted by molar-refractivity contribution is 6.30. The first-order chi connectivity index (χ1) is 13.2. The lowest BCUT2D eigenvalue weighted by Crippen LogP contribution is -2.44. The van der Waals surface area contributed by atoms with E-state index in [2.05, 4.69) is 5.10 Å². The summed E-state index contributed by atoms with van der Waals surface area (Å²) in [4.78, 5) is 14.7. The van der Waals surface area contributed by atoms with Crippen LogP contribution in [0.15, 0.2) is 18.2 Å². The number of carbonyl (C=O) groups excluding carboxylic acids is 1. The quantitative estimate of drug-likeness (QED) is 0.630. The van der Waals surface area contributed by atoms with E-state index >= 15 is 0 Å². The van der Waals surface area contributed by atoms with Crippen LogP contribution in [0.2, 0.25) is 5.02 Å². The van der Waals surface area contributed by atoms with Gasteiger partial charge in [-0.2, -0.15) is 9.49 Å².